The highest BCUT2D eigenvalue weighted by Gasteiger charge is 2.13. The number of aryl methyl sites for hydroxylation is 1. The Kier molecular flexibility index (Phi) is 4.06. The van der Waals surface area contributed by atoms with E-state index in [-0.39, 0.29) is 10.6 Å². The number of hydrogen-bond donors (Lipinski definition) is 0. The number of benzene rings is 3. The van der Waals surface area contributed by atoms with Gasteiger partial charge in [0.25, 0.3) is 5.69 Å². The van der Waals surface area contributed by atoms with Crippen LogP contribution in [-0.4, -0.2) is 4.92 Å². The van der Waals surface area contributed by atoms with E-state index < -0.39 is 0 Å². The van der Waals surface area contributed by atoms with Crippen molar-refractivity contribution in [3.8, 4) is 0 Å². The van der Waals surface area contributed by atoms with Crippen LogP contribution in [0.1, 0.15) is 5.56 Å². The van der Waals surface area contributed by atoms with Crippen molar-refractivity contribution >= 4 is 22.7 Å². The Balaban J connectivity index is 2.10. The number of anilines is 3. The third kappa shape index (κ3) is 3.21. The molecule has 3 aromatic rings. The summed E-state index contributed by atoms with van der Waals surface area (Å²) in [6.45, 7) is 2.04. The average Bonchev–Trinajstić information content (AvgIpc) is 2.57. The van der Waals surface area contributed by atoms with Crippen LogP contribution in [0.2, 0.25) is 0 Å². The standard InChI is InChI=1S/C19H16N2O2/c1-15-6-5-9-19(14-15)20(16-7-3-2-4-8-16)17-10-12-18(13-11-17)21(22)23/h2-14H,1H3. The lowest BCUT2D eigenvalue weighted by Gasteiger charge is -2.25. The summed E-state index contributed by atoms with van der Waals surface area (Å²) in [4.78, 5) is 12.6. The number of nitrogens with zero attached hydrogens (tertiary/aromatic N) is 2. The third-order valence-corrected chi connectivity index (χ3v) is 3.59. The van der Waals surface area contributed by atoms with Crippen molar-refractivity contribution in [3.63, 3.8) is 0 Å². The largest absolute Gasteiger partial charge is 0.310 e. The summed E-state index contributed by atoms with van der Waals surface area (Å²) in [5.41, 5.74) is 4.15. The van der Waals surface area contributed by atoms with Crippen molar-refractivity contribution in [1.29, 1.82) is 0 Å². The van der Waals surface area contributed by atoms with Gasteiger partial charge in [-0.05, 0) is 48.9 Å². The lowest BCUT2D eigenvalue weighted by molar-refractivity contribution is -0.384. The molecule has 4 nitrogen and oxygen atoms in total. The summed E-state index contributed by atoms with van der Waals surface area (Å²) < 4.78 is 0. The molecule has 0 heterocycles. The normalized spacial score (nSPS) is 10.3. The summed E-state index contributed by atoms with van der Waals surface area (Å²) >= 11 is 0. The fourth-order valence-electron chi connectivity index (χ4n) is 2.51. The highest BCUT2D eigenvalue weighted by molar-refractivity contribution is 5.77. The minimum absolute atomic E-state index is 0.0889. The maximum atomic E-state index is 10.9. The zero-order chi connectivity index (χ0) is 16.2. The van der Waals surface area contributed by atoms with E-state index in [1.165, 1.54) is 12.1 Å². The van der Waals surface area contributed by atoms with E-state index in [1.807, 2.05) is 55.5 Å². The number of para-hydroxylation sites is 1. The quantitative estimate of drug-likeness (QED) is 0.480. The maximum Gasteiger partial charge on any atom is 0.269 e. The smallest absolute Gasteiger partial charge is 0.269 e. The monoisotopic (exact) mass is 304 g/mol. The van der Waals surface area contributed by atoms with Crippen molar-refractivity contribution in [3.05, 3.63) is 94.5 Å². The molecule has 0 fully saturated rings. The predicted molar refractivity (Wildman–Crippen MR) is 92.5 cm³/mol. The molecule has 0 atom stereocenters. The molecule has 0 amide bonds. The van der Waals surface area contributed by atoms with Gasteiger partial charge in [0, 0.05) is 29.2 Å². The molecule has 0 aliphatic rings. The van der Waals surface area contributed by atoms with Crippen LogP contribution in [0.5, 0.6) is 0 Å². The highest BCUT2D eigenvalue weighted by Crippen LogP contribution is 2.35. The number of rotatable bonds is 4. The van der Waals surface area contributed by atoms with Gasteiger partial charge in [-0.3, -0.25) is 10.1 Å². The van der Waals surface area contributed by atoms with Gasteiger partial charge in [0.15, 0.2) is 0 Å². The number of nitro groups is 1. The molecule has 3 rings (SSSR count). The van der Waals surface area contributed by atoms with E-state index in [1.54, 1.807) is 12.1 Å². The molecule has 0 N–H and O–H groups in total. The van der Waals surface area contributed by atoms with Gasteiger partial charge in [-0.25, -0.2) is 0 Å². The second-order valence-electron chi connectivity index (χ2n) is 5.28. The Bertz CT molecular complexity index is 814. The van der Waals surface area contributed by atoms with Crippen LogP contribution in [0, 0.1) is 17.0 Å². The van der Waals surface area contributed by atoms with Gasteiger partial charge in [-0.2, -0.15) is 0 Å². The first kappa shape index (κ1) is 14.8. The lowest BCUT2D eigenvalue weighted by Crippen LogP contribution is -2.09. The van der Waals surface area contributed by atoms with Crippen molar-refractivity contribution < 1.29 is 4.92 Å². The molecule has 0 spiro atoms. The molecule has 0 radical (unpaired) electrons. The van der Waals surface area contributed by atoms with Crippen LogP contribution in [0.15, 0.2) is 78.9 Å². The minimum atomic E-state index is -0.386. The molecule has 0 saturated heterocycles. The van der Waals surface area contributed by atoms with Crippen LogP contribution in [0.3, 0.4) is 0 Å². The van der Waals surface area contributed by atoms with Gasteiger partial charge in [0.1, 0.15) is 0 Å². The molecule has 23 heavy (non-hydrogen) atoms. The van der Waals surface area contributed by atoms with Crippen molar-refractivity contribution in [2.45, 2.75) is 6.92 Å². The first-order valence-electron chi connectivity index (χ1n) is 7.31. The third-order valence-electron chi connectivity index (χ3n) is 3.59. The van der Waals surface area contributed by atoms with Crippen LogP contribution in [0.25, 0.3) is 0 Å². The Morgan fingerprint density at radius 1 is 0.783 bits per heavy atom. The summed E-state index contributed by atoms with van der Waals surface area (Å²) in [7, 11) is 0. The molecule has 0 unspecified atom stereocenters. The molecule has 0 aromatic heterocycles. The van der Waals surface area contributed by atoms with E-state index in [9.17, 15) is 10.1 Å². The Morgan fingerprint density at radius 2 is 1.39 bits per heavy atom. The first-order chi connectivity index (χ1) is 11.1. The minimum Gasteiger partial charge on any atom is -0.310 e. The maximum absolute atomic E-state index is 10.9. The number of nitro benzene ring substituents is 1. The van der Waals surface area contributed by atoms with Gasteiger partial charge < -0.3 is 4.90 Å². The molecule has 4 heteroatoms. The molecule has 0 aliphatic heterocycles. The molecule has 0 bridgehead atoms. The summed E-state index contributed by atoms with van der Waals surface area (Å²) in [5.74, 6) is 0. The van der Waals surface area contributed by atoms with Crippen LogP contribution in [-0.2, 0) is 0 Å². The van der Waals surface area contributed by atoms with Crippen molar-refractivity contribution in [2.24, 2.45) is 0 Å². The molecule has 114 valence electrons. The first-order valence-corrected chi connectivity index (χ1v) is 7.31. The highest BCUT2D eigenvalue weighted by atomic mass is 16.6. The molecule has 0 aliphatic carbocycles. The van der Waals surface area contributed by atoms with Gasteiger partial charge in [0.05, 0.1) is 4.92 Å². The van der Waals surface area contributed by atoms with Gasteiger partial charge in [0.2, 0.25) is 0 Å². The predicted octanol–water partition coefficient (Wildman–Crippen LogP) is 5.37. The molecule has 3 aromatic carbocycles. The summed E-state index contributed by atoms with van der Waals surface area (Å²) in [6, 6.07) is 24.7. The second-order valence-corrected chi connectivity index (χ2v) is 5.28. The fraction of sp³-hybridized carbons (Fsp3) is 0.0526. The van der Waals surface area contributed by atoms with E-state index >= 15 is 0 Å². The Hall–Kier alpha value is -3.14. The second kappa shape index (κ2) is 6.32. The van der Waals surface area contributed by atoms with E-state index in [0.29, 0.717) is 0 Å². The van der Waals surface area contributed by atoms with Crippen LogP contribution < -0.4 is 4.90 Å². The lowest BCUT2D eigenvalue weighted by atomic mass is 10.1. The van der Waals surface area contributed by atoms with Crippen molar-refractivity contribution in [2.75, 3.05) is 4.90 Å². The SMILES string of the molecule is Cc1cccc(N(c2ccccc2)c2ccc([N+](=O)[O-])cc2)c1. The van der Waals surface area contributed by atoms with Gasteiger partial charge in [-0.15, -0.1) is 0 Å². The van der Waals surface area contributed by atoms with Crippen molar-refractivity contribution in [1.82, 2.24) is 0 Å². The van der Waals surface area contributed by atoms with E-state index in [0.717, 1.165) is 22.6 Å². The van der Waals surface area contributed by atoms with E-state index in [4.69, 9.17) is 0 Å². The summed E-state index contributed by atoms with van der Waals surface area (Å²) in [5, 5.41) is 10.9. The number of hydrogen-bond acceptors (Lipinski definition) is 3. The summed E-state index contributed by atoms with van der Waals surface area (Å²) in [6.07, 6.45) is 0. The molecule has 0 saturated carbocycles. The van der Waals surface area contributed by atoms with Crippen LogP contribution >= 0.6 is 0 Å². The van der Waals surface area contributed by atoms with Gasteiger partial charge in [-0.1, -0.05) is 30.3 Å². The topological polar surface area (TPSA) is 46.4 Å². The fourth-order valence-corrected chi connectivity index (χ4v) is 2.51. The van der Waals surface area contributed by atoms with Gasteiger partial charge >= 0.3 is 0 Å². The zero-order valence-corrected chi connectivity index (χ0v) is 12.7. The number of non-ortho nitro benzene ring substituents is 1. The molecular formula is C19H16N2O2. The Labute approximate surface area is 134 Å². The van der Waals surface area contributed by atoms with E-state index in [2.05, 4.69) is 11.0 Å². The average molecular weight is 304 g/mol. The molecular weight excluding hydrogens is 288 g/mol. The Morgan fingerprint density at radius 3 is 2.00 bits per heavy atom. The zero-order valence-electron chi connectivity index (χ0n) is 12.7. The van der Waals surface area contributed by atoms with Crippen LogP contribution in [0.4, 0.5) is 22.7 Å².